The van der Waals surface area contributed by atoms with Gasteiger partial charge in [0, 0.05) is 0 Å². The molecular weight excluding hydrogens is 224 g/mol. The number of benzene rings is 1. The Morgan fingerprint density at radius 2 is 2.17 bits per heavy atom. The number of nitrogens with zero attached hydrogens (tertiary/aromatic N) is 1. The molecule has 0 spiro atoms. The van der Waals surface area contributed by atoms with E-state index in [4.69, 9.17) is 4.74 Å². The summed E-state index contributed by atoms with van der Waals surface area (Å²) in [5.74, 6) is 0.828. The third kappa shape index (κ3) is 4.38. The van der Waals surface area contributed by atoms with Crippen molar-refractivity contribution in [1.82, 2.24) is 5.32 Å². The van der Waals surface area contributed by atoms with Crippen molar-refractivity contribution >= 4 is 0 Å². The van der Waals surface area contributed by atoms with Crippen molar-refractivity contribution in [3.63, 3.8) is 0 Å². The Morgan fingerprint density at radius 3 is 2.78 bits per heavy atom. The standard InChI is InChI=1S/C15H22N2O/c1-4-9-17-15(3,11-16)12-18-14-8-6-7-13(5-2)10-14/h6-8,10,17H,4-5,9,12H2,1-3H3. The highest BCUT2D eigenvalue weighted by atomic mass is 16.5. The Kier molecular flexibility index (Phi) is 5.67. The second kappa shape index (κ2) is 7.03. The summed E-state index contributed by atoms with van der Waals surface area (Å²) in [5, 5.41) is 12.4. The van der Waals surface area contributed by atoms with Crippen LogP contribution in [0.25, 0.3) is 0 Å². The number of nitrogens with one attached hydrogen (secondary N) is 1. The fourth-order valence-electron chi connectivity index (χ4n) is 1.61. The lowest BCUT2D eigenvalue weighted by atomic mass is 10.1. The van der Waals surface area contributed by atoms with Crippen LogP contribution in [0, 0.1) is 11.3 Å². The highest BCUT2D eigenvalue weighted by Crippen LogP contribution is 2.15. The normalized spacial score (nSPS) is 13.7. The molecule has 0 amide bonds. The summed E-state index contributed by atoms with van der Waals surface area (Å²) in [5.41, 5.74) is 0.616. The monoisotopic (exact) mass is 246 g/mol. The van der Waals surface area contributed by atoms with Gasteiger partial charge in [0.05, 0.1) is 6.07 Å². The highest BCUT2D eigenvalue weighted by molar-refractivity contribution is 5.28. The quantitative estimate of drug-likeness (QED) is 0.804. The van der Waals surface area contributed by atoms with Crippen molar-refractivity contribution in [2.75, 3.05) is 13.2 Å². The molecule has 0 saturated carbocycles. The Hall–Kier alpha value is -1.53. The van der Waals surface area contributed by atoms with Gasteiger partial charge in [-0.15, -0.1) is 0 Å². The van der Waals surface area contributed by atoms with Gasteiger partial charge >= 0.3 is 0 Å². The average molecular weight is 246 g/mol. The molecule has 0 heterocycles. The van der Waals surface area contributed by atoms with E-state index in [-0.39, 0.29) is 0 Å². The topological polar surface area (TPSA) is 45.0 Å². The lowest BCUT2D eigenvalue weighted by Crippen LogP contribution is -2.46. The van der Waals surface area contributed by atoms with Gasteiger partial charge in [0.1, 0.15) is 17.9 Å². The van der Waals surface area contributed by atoms with Crippen LogP contribution < -0.4 is 10.1 Å². The molecular formula is C15H22N2O. The Morgan fingerprint density at radius 1 is 1.39 bits per heavy atom. The van der Waals surface area contributed by atoms with Crippen LogP contribution in [0.4, 0.5) is 0 Å². The molecule has 1 N–H and O–H groups in total. The van der Waals surface area contributed by atoms with Gasteiger partial charge in [-0.05, 0) is 44.0 Å². The lowest BCUT2D eigenvalue weighted by molar-refractivity contribution is 0.234. The maximum atomic E-state index is 9.20. The zero-order valence-corrected chi connectivity index (χ0v) is 11.5. The van der Waals surface area contributed by atoms with E-state index < -0.39 is 5.54 Å². The van der Waals surface area contributed by atoms with E-state index in [1.807, 2.05) is 25.1 Å². The van der Waals surface area contributed by atoms with Gasteiger partial charge in [-0.2, -0.15) is 5.26 Å². The molecule has 1 atom stereocenters. The number of nitriles is 1. The molecule has 1 unspecified atom stereocenters. The van der Waals surface area contributed by atoms with Crippen LogP contribution in [-0.4, -0.2) is 18.7 Å². The molecule has 0 aliphatic heterocycles. The predicted molar refractivity (Wildman–Crippen MR) is 73.6 cm³/mol. The van der Waals surface area contributed by atoms with Gasteiger partial charge in [-0.25, -0.2) is 0 Å². The first-order chi connectivity index (χ1) is 8.63. The van der Waals surface area contributed by atoms with E-state index in [9.17, 15) is 5.26 Å². The van der Waals surface area contributed by atoms with E-state index in [0.29, 0.717) is 6.61 Å². The molecule has 0 aliphatic carbocycles. The smallest absolute Gasteiger partial charge is 0.138 e. The Labute approximate surface area is 110 Å². The first kappa shape index (κ1) is 14.5. The maximum Gasteiger partial charge on any atom is 0.138 e. The molecule has 0 fully saturated rings. The molecule has 0 saturated heterocycles. The number of rotatable bonds is 7. The van der Waals surface area contributed by atoms with Crippen LogP contribution in [0.2, 0.25) is 0 Å². The average Bonchev–Trinajstić information content (AvgIpc) is 2.43. The summed E-state index contributed by atoms with van der Waals surface area (Å²) in [6.07, 6.45) is 1.99. The number of hydrogen-bond donors (Lipinski definition) is 1. The summed E-state index contributed by atoms with van der Waals surface area (Å²) in [4.78, 5) is 0. The van der Waals surface area contributed by atoms with Crippen LogP contribution in [0.5, 0.6) is 5.75 Å². The lowest BCUT2D eigenvalue weighted by Gasteiger charge is -2.23. The van der Waals surface area contributed by atoms with Crippen LogP contribution in [0.1, 0.15) is 32.8 Å². The molecule has 18 heavy (non-hydrogen) atoms. The van der Waals surface area contributed by atoms with Crippen molar-refractivity contribution < 1.29 is 4.74 Å². The minimum absolute atomic E-state index is 0.358. The van der Waals surface area contributed by atoms with Gasteiger partial charge < -0.3 is 4.74 Å². The number of ether oxygens (including phenoxy) is 1. The predicted octanol–water partition coefficient (Wildman–Crippen LogP) is 2.91. The fraction of sp³-hybridized carbons (Fsp3) is 0.533. The number of hydrogen-bond acceptors (Lipinski definition) is 3. The molecule has 0 aliphatic rings. The molecule has 1 aromatic rings. The molecule has 3 heteroatoms. The first-order valence-electron chi connectivity index (χ1n) is 6.51. The van der Waals surface area contributed by atoms with Gasteiger partial charge in [-0.1, -0.05) is 26.0 Å². The molecule has 1 rings (SSSR count). The second-order valence-electron chi connectivity index (χ2n) is 4.66. The van der Waals surface area contributed by atoms with E-state index >= 15 is 0 Å². The van der Waals surface area contributed by atoms with Crippen LogP contribution in [-0.2, 0) is 6.42 Å². The number of aryl methyl sites for hydroxylation is 1. The van der Waals surface area contributed by atoms with Gasteiger partial charge in [0.2, 0.25) is 0 Å². The van der Waals surface area contributed by atoms with E-state index in [0.717, 1.165) is 25.1 Å². The summed E-state index contributed by atoms with van der Waals surface area (Å²) >= 11 is 0. The third-order valence-electron chi connectivity index (χ3n) is 2.85. The summed E-state index contributed by atoms with van der Waals surface area (Å²) in [6, 6.07) is 10.3. The van der Waals surface area contributed by atoms with Crippen molar-refractivity contribution in [2.24, 2.45) is 0 Å². The van der Waals surface area contributed by atoms with Crippen molar-refractivity contribution in [2.45, 2.75) is 39.2 Å². The van der Waals surface area contributed by atoms with E-state index in [1.165, 1.54) is 5.56 Å². The van der Waals surface area contributed by atoms with Crippen LogP contribution in [0.3, 0.4) is 0 Å². The highest BCUT2D eigenvalue weighted by Gasteiger charge is 2.23. The largest absolute Gasteiger partial charge is 0.491 e. The van der Waals surface area contributed by atoms with Crippen molar-refractivity contribution in [3.05, 3.63) is 29.8 Å². The fourth-order valence-corrected chi connectivity index (χ4v) is 1.61. The minimum atomic E-state index is -0.627. The minimum Gasteiger partial charge on any atom is -0.491 e. The molecule has 1 aromatic carbocycles. The van der Waals surface area contributed by atoms with E-state index in [2.05, 4.69) is 31.3 Å². The second-order valence-corrected chi connectivity index (χ2v) is 4.66. The summed E-state index contributed by atoms with van der Waals surface area (Å²) in [6.45, 7) is 7.24. The van der Waals surface area contributed by atoms with Gasteiger partial charge in [-0.3, -0.25) is 5.32 Å². The molecule has 0 radical (unpaired) electrons. The first-order valence-corrected chi connectivity index (χ1v) is 6.51. The van der Waals surface area contributed by atoms with Crippen LogP contribution in [0.15, 0.2) is 24.3 Å². The zero-order chi connectivity index (χ0) is 13.4. The zero-order valence-electron chi connectivity index (χ0n) is 11.5. The summed E-state index contributed by atoms with van der Waals surface area (Å²) in [7, 11) is 0. The van der Waals surface area contributed by atoms with Gasteiger partial charge in [0.25, 0.3) is 0 Å². The van der Waals surface area contributed by atoms with Crippen molar-refractivity contribution in [1.29, 1.82) is 5.26 Å². The SMILES string of the molecule is CCCNC(C)(C#N)COc1cccc(CC)c1. The molecule has 98 valence electrons. The maximum absolute atomic E-state index is 9.20. The Bertz CT molecular complexity index is 411. The molecule has 0 bridgehead atoms. The van der Waals surface area contributed by atoms with Crippen molar-refractivity contribution in [3.8, 4) is 11.8 Å². The summed E-state index contributed by atoms with van der Waals surface area (Å²) < 4.78 is 5.72. The van der Waals surface area contributed by atoms with E-state index in [1.54, 1.807) is 0 Å². The van der Waals surface area contributed by atoms with Crippen LogP contribution >= 0.6 is 0 Å². The molecule has 0 aromatic heterocycles. The Balaban J connectivity index is 2.59. The third-order valence-corrected chi connectivity index (χ3v) is 2.85. The van der Waals surface area contributed by atoms with Gasteiger partial charge in [0.15, 0.2) is 0 Å². The molecule has 3 nitrogen and oxygen atoms in total.